The smallest absolute Gasteiger partial charge is 0.167 e. The van der Waals surface area contributed by atoms with E-state index in [1.165, 1.54) is 12.0 Å². The van der Waals surface area contributed by atoms with Gasteiger partial charge in [-0.25, -0.2) is 0 Å². The van der Waals surface area contributed by atoms with Gasteiger partial charge in [0.25, 0.3) is 0 Å². The van der Waals surface area contributed by atoms with Crippen LogP contribution in [0.15, 0.2) is 18.2 Å². The van der Waals surface area contributed by atoms with E-state index in [-0.39, 0.29) is 11.7 Å². The fourth-order valence-electron chi connectivity index (χ4n) is 4.26. The highest BCUT2D eigenvalue weighted by Gasteiger charge is 2.52. The molecule has 4 nitrogen and oxygen atoms in total. The third-order valence-electron chi connectivity index (χ3n) is 5.29. The van der Waals surface area contributed by atoms with Crippen LogP contribution in [0.4, 0.5) is 0 Å². The van der Waals surface area contributed by atoms with Gasteiger partial charge in [-0.1, -0.05) is 12.1 Å². The molecule has 4 rings (SSSR count). The first kappa shape index (κ1) is 13.4. The monoisotopic (exact) mass is 289 g/mol. The van der Waals surface area contributed by atoms with Crippen LogP contribution >= 0.6 is 0 Å². The predicted octanol–water partition coefficient (Wildman–Crippen LogP) is 2.68. The summed E-state index contributed by atoms with van der Waals surface area (Å²) in [5.41, 5.74) is 1.08. The van der Waals surface area contributed by atoms with Crippen molar-refractivity contribution in [1.82, 2.24) is 5.32 Å². The molecule has 1 aromatic carbocycles. The minimum absolute atomic E-state index is 0.0853. The molecule has 1 aromatic rings. The van der Waals surface area contributed by atoms with Crippen molar-refractivity contribution in [3.05, 3.63) is 23.8 Å². The second-order valence-electron chi connectivity index (χ2n) is 6.34. The Kier molecular flexibility index (Phi) is 3.31. The number of hydrogen-bond donors (Lipinski definition) is 1. The highest BCUT2D eigenvalue weighted by Crippen LogP contribution is 2.54. The highest BCUT2D eigenvalue weighted by molar-refractivity contribution is 5.50. The Balaban J connectivity index is 1.81. The van der Waals surface area contributed by atoms with E-state index < -0.39 is 0 Å². The standard InChI is InChI=1S/C17H23NO3/c1-19-14-6-2-4-12-15-13(5-3-11-20-15)17(21-16(12)14)7-9-18-10-8-17/h2,4,6,13,15,18H,3,5,7-11H2,1H3/t13-,15+/m1/s1. The van der Waals surface area contributed by atoms with Crippen LogP contribution < -0.4 is 14.8 Å². The Bertz CT molecular complexity index is 525. The van der Waals surface area contributed by atoms with Crippen LogP contribution in [-0.4, -0.2) is 32.4 Å². The van der Waals surface area contributed by atoms with Gasteiger partial charge < -0.3 is 19.5 Å². The number of benzene rings is 1. The molecule has 2 fully saturated rings. The Labute approximate surface area is 125 Å². The maximum absolute atomic E-state index is 6.61. The molecule has 1 spiro atoms. The lowest BCUT2D eigenvalue weighted by Gasteiger charge is -2.52. The van der Waals surface area contributed by atoms with E-state index in [1.807, 2.05) is 12.1 Å². The number of methoxy groups -OCH3 is 1. The fourth-order valence-corrected chi connectivity index (χ4v) is 4.26. The van der Waals surface area contributed by atoms with Crippen molar-refractivity contribution in [3.63, 3.8) is 0 Å². The van der Waals surface area contributed by atoms with E-state index in [0.29, 0.717) is 5.92 Å². The van der Waals surface area contributed by atoms with E-state index >= 15 is 0 Å². The molecule has 0 saturated carbocycles. The molecule has 0 aliphatic carbocycles. The third kappa shape index (κ3) is 2.04. The van der Waals surface area contributed by atoms with Gasteiger partial charge in [-0.2, -0.15) is 0 Å². The summed E-state index contributed by atoms with van der Waals surface area (Å²) in [5, 5.41) is 3.45. The lowest BCUT2D eigenvalue weighted by molar-refractivity contribution is -0.141. The first-order valence-corrected chi connectivity index (χ1v) is 8.02. The van der Waals surface area contributed by atoms with Crippen LogP contribution in [0.5, 0.6) is 11.5 Å². The van der Waals surface area contributed by atoms with Crippen molar-refractivity contribution in [2.75, 3.05) is 26.8 Å². The predicted molar refractivity (Wildman–Crippen MR) is 79.9 cm³/mol. The third-order valence-corrected chi connectivity index (χ3v) is 5.29. The van der Waals surface area contributed by atoms with E-state index in [1.54, 1.807) is 7.11 Å². The van der Waals surface area contributed by atoms with Crippen molar-refractivity contribution in [1.29, 1.82) is 0 Å². The quantitative estimate of drug-likeness (QED) is 0.863. The number of piperidine rings is 1. The van der Waals surface area contributed by atoms with Gasteiger partial charge in [0.2, 0.25) is 0 Å². The van der Waals surface area contributed by atoms with Crippen LogP contribution in [0.3, 0.4) is 0 Å². The second kappa shape index (κ2) is 5.18. The van der Waals surface area contributed by atoms with Gasteiger partial charge in [0.05, 0.1) is 13.2 Å². The molecule has 21 heavy (non-hydrogen) atoms. The van der Waals surface area contributed by atoms with Gasteiger partial charge >= 0.3 is 0 Å². The maximum Gasteiger partial charge on any atom is 0.167 e. The lowest BCUT2D eigenvalue weighted by Crippen LogP contribution is -2.56. The molecule has 2 saturated heterocycles. The molecule has 4 heteroatoms. The van der Waals surface area contributed by atoms with Gasteiger partial charge in [-0.3, -0.25) is 0 Å². The first-order valence-electron chi connectivity index (χ1n) is 8.02. The van der Waals surface area contributed by atoms with Crippen molar-refractivity contribution >= 4 is 0 Å². The zero-order valence-electron chi connectivity index (χ0n) is 12.6. The highest BCUT2D eigenvalue weighted by atomic mass is 16.5. The molecule has 0 unspecified atom stereocenters. The maximum atomic E-state index is 6.61. The molecular weight excluding hydrogens is 266 g/mol. The van der Waals surface area contributed by atoms with Crippen LogP contribution in [-0.2, 0) is 4.74 Å². The molecular formula is C17H23NO3. The van der Waals surface area contributed by atoms with Gasteiger partial charge in [0, 0.05) is 30.9 Å². The molecule has 0 aromatic heterocycles. The number of para-hydroxylation sites is 1. The SMILES string of the molecule is COc1cccc2c1OC1(CCNCC1)[C@@H]1CCCO[C@@H]21. The Morgan fingerprint density at radius 3 is 2.95 bits per heavy atom. The minimum atomic E-state index is -0.0853. The number of nitrogens with one attached hydrogen (secondary N) is 1. The van der Waals surface area contributed by atoms with Crippen molar-refractivity contribution in [2.45, 2.75) is 37.4 Å². The molecule has 0 amide bonds. The largest absolute Gasteiger partial charge is 0.493 e. The summed E-state index contributed by atoms with van der Waals surface area (Å²) < 4.78 is 18.3. The number of fused-ring (bicyclic) bond motifs is 4. The molecule has 3 aliphatic heterocycles. The fraction of sp³-hybridized carbons (Fsp3) is 0.647. The van der Waals surface area contributed by atoms with Crippen LogP contribution in [0.1, 0.15) is 37.4 Å². The summed E-state index contributed by atoms with van der Waals surface area (Å²) in [4.78, 5) is 0. The van der Waals surface area contributed by atoms with Gasteiger partial charge in [-0.05, 0) is 32.0 Å². The summed E-state index contributed by atoms with van der Waals surface area (Å²) in [5.74, 6) is 2.20. The van der Waals surface area contributed by atoms with Gasteiger partial charge in [0.15, 0.2) is 11.5 Å². The van der Waals surface area contributed by atoms with Crippen LogP contribution in [0, 0.1) is 5.92 Å². The Morgan fingerprint density at radius 1 is 1.29 bits per heavy atom. The molecule has 0 radical (unpaired) electrons. The van der Waals surface area contributed by atoms with Crippen LogP contribution in [0.25, 0.3) is 0 Å². The number of hydrogen-bond acceptors (Lipinski definition) is 4. The van der Waals surface area contributed by atoms with E-state index in [4.69, 9.17) is 14.2 Å². The average Bonchev–Trinajstić information content (AvgIpc) is 2.56. The molecule has 114 valence electrons. The van der Waals surface area contributed by atoms with Crippen LogP contribution in [0.2, 0.25) is 0 Å². The average molecular weight is 289 g/mol. The van der Waals surface area contributed by atoms with E-state index in [9.17, 15) is 0 Å². The van der Waals surface area contributed by atoms with Crippen molar-refractivity contribution in [2.24, 2.45) is 5.92 Å². The summed E-state index contributed by atoms with van der Waals surface area (Å²) >= 11 is 0. The molecule has 1 N–H and O–H groups in total. The Hall–Kier alpha value is -1.26. The van der Waals surface area contributed by atoms with E-state index in [2.05, 4.69) is 11.4 Å². The Morgan fingerprint density at radius 2 is 2.14 bits per heavy atom. The first-order chi connectivity index (χ1) is 10.3. The summed E-state index contributed by atoms with van der Waals surface area (Å²) in [7, 11) is 1.71. The zero-order valence-corrected chi connectivity index (χ0v) is 12.6. The topological polar surface area (TPSA) is 39.7 Å². The summed E-state index contributed by atoms with van der Waals surface area (Å²) in [6.45, 7) is 2.90. The van der Waals surface area contributed by atoms with E-state index in [0.717, 1.165) is 50.5 Å². The van der Waals surface area contributed by atoms with Gasteiger partial charge in [-0.15, -0.1) is 0 Å². The summed E-state index contributed by atoms with van der Waals surface area (Å²) in [6.07, 6.45) is 4.60. The minimum Gasteiger partial charge on any atom is -0.493 e. The van der Waals surface area contributed by atoms with Crippen molar-refractivity contribution in [3.8, 4) is 11.5 Å². The number of ether oxygens (including phenoxy) is 3. The molecule has 2 atom stereocenters. The molecule has 3 aliphatic rings. The second-order valence-corrected chi connectivity index (χ2v) is 6.34. The van der Waals surface area contributed by atoms with Gasteiger partial charge in [0.1, 0.15) is 5.60 Å². The lowest BCUT2D eigenvalue weighted by atomic mass is 9.70. The molecule has 3 heterocycles. The molecule has 0 bridgehead atoms. The van der Waals surface area contributed by atoms with Crippen molar-refractivity contribution < 1.29 is 14.2 Å². The summed E-state index contributed by atoms with van der Waals surface area (Å²) in [6, 6.07) is 6.15. The normalized spacial score (nSPS) is 30.1. The zero-order chi connectivity index (χ0) is 14.3. The number of rotatable bonds is 1.